The molecule has 2 aromatic carbocycles. The summed E-state index contributed by atoms with van der Waals surface area (Å²) in [5.41, 5.74) is 1.67. The lowest BCUT2D eigenvalue weighted by Gasteiger charge is -2.20. The molecule has 2 aromatic heterocycles. The Balaban J connectivity index is 1.48. The molecule has 0 bridgehead atoms. The van der Waals surface area contributed by atoms with E-state index in [2.05, 4.69) is 25.9 Å². The average molecular weight is 543 g/mol. The zero-order chi connectivity index (χ0) is 28.2. The van der Waals surface area contributed by atoms with Crippen LogP contribution in [0.4, 0.5) is 16.4 Å². The fourth-order valence-corrected chi connectivity index (χ4v) is 3.97. The number of carboxylic acids is 1. The predicted octanol–water partition coefficient (Wildman–Crippen LogP) is 3.60. The first-order valence-electron chi connectivity index (χ1n) is 12.7. The number of carbonyl (C=O) groups excluding carboxylic acids is 1. The lowest BCUT2D eigenvalue weighted by molar-refractivity contribution is -0.137. The van der Waals surface area contributed by atoms with Gasteiger partial charge in [-0.3, -0.25) is 9.36 Å². The number of aromatic nitrogens is 3. The minimum atomic E-state index is -1.13. The van der Waals surface area contributed by atoms with Crippen LogP contribution in [0.3, 0.4) is 0 Å². The summed E-state index contributed by atoms with van der Waals surface area (Å²) in [4.78, 5) is 45.4. The lowest BCUT2D eigenvalue weighted by atomic mass is 10.1. The number of carbonyl (C=O) groups is 2. The maximum Gasteiger partial charge on any atom is 0.407 e. The molecule has 1 unspecified atom stereocenters. The zero-order valence-corrected chi connectivity index (χ0v) is 21.7. The normalized spacial score (nSPS) is 11.3. The van der Waals surface area contributed by atoms with Crippen molar-refractivity contribution in [1.29, 1.82) is 0 Å². The Kier molecular flexibility index (Phi) is 9.81. The van der Waals surface area contributed by atoms with E-state index in [1.165, 1.54) is 4.57 Å². The van der Waals surface area contributed by atoms with Crippen molar-refractivity contribution in [2.75, 3.05) is 23.7 Å². The molecule has 4 N–H and O–H groups in total. The molecule has 4 aromatic rings. The van der Waals surface area contributed by atoms with Crippen molar-refractivity contribution in [2.45, 2.75) is 25.6 Å². The average Bonchev–Trinajstić information content (AvgIpc) is 2.96. The summed E-state index contributed by atoms with van der Waals surface area (Å²) in [7, 11) is 0. The topological polar surface area (TPSA) is 147 Å². The van der Waals surface area contributed by atoms with Gasteiger partial charge in [0.15, 0.2) is 0 Å². The Hall–Kier alpha value is -5.19. The van der Waals surface area contributed by atoms with Gasteiger partial charge in [-0.25, -0.2) is 14.6 Å². The van der Waals surface area contributed by atoms with E-state index in [-0.39, 0.29) is 13.2 Å². The van der Waals surface area contributed by atoms with Crippen LogP contribution in [0, 0.1) is 0 Å². The fraction of sp³-hybridized carbons (Fsp3) is 0.207. The molecule has 0 spiro atoms. The van der Waals surface area contributed by atoms with Gasteiger partial charge in [-0.1, -0.05) is 66.7 Å². The van der Waals surface area contributed by atoms with E-state index in [0.29, 0.717) is 24.5 Å². The zero-order valence-electron chi connectivity index (χ0n) is 21.7. The van der Waals surface area contributed by atoms with E-state index < -0.39 is 30.2 Å². The fourth-order valence-electron chi connectivity index (χ4n) is 3.97. The van der Waals surface area contributed by atoms with Crippen molar-refractivity contribution in [1.82, 2.24) is 19.9 Å². The Morgan fingerprint density at radius 1 is 0.925 bits per heavy atom. The molecule has 0 aliphatic heterocycles. The van der Waals surface area contributed by atoms with Crippen LogP contribution in [-0.4, -0.2) is 50.8 Å². The number of ether oxygens (including phenoxy) is 1. The van der Waals surface area contributed by atoms with Gasteiger partial charge in [0.2, 0.25) is 0 Å². The molecule has 0 aliphatic rings. The van der Waals surface area contributed by atoms with Crippen LogP contribution in [0.25, 0.3) is 11.1 Å². The highest BCUT2D eigenvalue weighted by Crippen LogP contribution is 2.24. The van der Waals surface area contributed by atoms with E-state index in [1.807, 2.05) is 78.9 Å². The van der Waals surface area contributed by atoms with Gasteiger partial charge in [-0.05, 0) is 23.3 Å². The van der Waals surface area contributed by atoms with Crippen LogP contribution < -0.4 is 21.6 Å². The van der Waals surface area contributed by atoms with Gasteiger partial charge in [0, 0.05) is 37.6 Å². The highest BCUT2D eigenvalue weighted by molar-refractivity contribution is 5.74. The van der Waals surface area contributed by atoms with E-state index in [0.717, 1.165) is 16.9 Å². The Labute approximate surface area is 230 Å². The van der Waals surface area contributed by atoms with Gasteiger partial charge >= 0.3 is 17.8 Å². The minimum Gasteiger partial charge on any atom is -0.481 e. The SMILES string of the molecule is O=C(O)CC(Cn1cc(-c2ccccc2)c(NCCNc2ccccn2)nc1=O)NC(=O)OCc1ccccc1. The van der Waals surface area contributed by atoms with Gasteiger partial charge < -0.3 is 25.8 Å². The molecule has 11 nitrogen and oxygen atoms in total. The Morgan fingerprint density at radius 2 is 1.62 bits per heavy atom. The van der Waals surface area contributed by atoms with Crippen LogP contribution in [0.5, 0.6) is 0 Å². The third-order valence-electron chi connectivity index (χ3n) is 5.84. The van der Waals surface area contributed by atoms with E-state index in [9.17, 15) is 19.5 Å². The standard InChI is InChI=1S/C29H30N6O5/c36-26(37)17-23(33-29(39)40-20-21-9-3-1-4-10-21)18-35-19-24(22-11-5-2-6-12-22)27(34-28(35)38)32-16-15-31-25-13-7-8-14-30-25/h1-14,19,23H,15-18,20H2,(H,30,31)(H,33,39)(H,36,37)(H,32,34,38). The molecular formula is C29H30N6O5. The molecule has 206 valence electrons. The van der Waals surface area contributed by atoms with Crippen molar-refractivity contribution in [3.05, 3.63) is 107 Å². The summed E-state index contributed by atoms with van der Waals surface area (Å²) in [6.45, 7) is 0.913. The van der Waals surface area contributed by atoms with Crippen LogP contribution in [0.15, 0.2) is 96.1 Å². The number of anilines is 2. The summed E-state index contributed by atoms with van der Waals surface area (Å²) in [5, 5.41) is 18.4. The smallest absolute Gasteiger partial charge is 0.407 e. The van der Waals surface area contributed by atoms with Gasteiger partial charge in [-0.15, -0.1) is 0 Å². The van der Waals surface area contributed by atoms with Crippen molar-refractivity contribution >= 4 is 23.7 Å². The van der Waals surface area contributed by atoms with Gasteiger partial charge in [0.1, 0.15) is 18.2 Å². The van der Waals surface area contributed by atoms with Gasteiger partial charge in [0.25, 0.3) is 0 Å². The monoisotopic (exact) mass is 542 g/mol. The molecule has 4 rings (SSSR count). The number of rotatable bonds is 13. The molecule has 0 aliphatic carbocycles. The maximum atomic E-state index is 13.0. The van der Waals surface area contributed by atoms with Crippen LogP contribution in [-0.2, 0) is 22.7 Å². The number of benzene rings is 2. The summed E-state index contributed by atoms with van der Waals surface area (Å²) in [6.07, 6.45) is 2.12. The summed E-state index contributed by atoms with van der Waals surface area (Å²) >= 11 is 0. The largest absolute Gasteiger partial charge is 0.481 e. The van der Waals surface area contributed by atoms with Crippen LogP contribution in [0.1, 0.15) is 12.0 Å². The highest BCUT2D eigenvalue weighted by atomic mass is 16.5. The first-order chi connectivity index (χ1) is 19.5. The Bertz CT molecular complexity index is 1450. The molecule has 40 heavy (non-hydrogen) atoms. The number of hydrogen-bond acceptors (Lipinski definition) is 8. The lowest BCUT2D eigenvalue weighted by Crippen LogP contribution is -2.42. The third kappa shape index (κ3) is 8.42. The van der Waals surface area contributed by atoms with Gasteiger partial charge in [-0.2, -0.15) is 4.98 Å². The molecule has 0 saturated carbocycles. The molecule has 1 amide bonds. The molecule has 0 saturated heterocycles. The first-order valence-corrected chi connectivity index (χ1v) is 12.7. The number of pyridine rings is 1. The second-order valence-corrected chi connectivity index (χ2v) is 8.87. The van der Waals surface area contributed by atoms with Crippen molar-refractivity contribution in [3.8, 4) is 11.1 Å². The number of amides is 1. The number of aliphatic carboxylic acids is 1. The first kappa shape index (κ1) is 27.8. The summed E-state index contributed by atoms with van der Waals surface area (Å²) in [5.74, 6) is -0.00754. The van der Waals surface area contributed by atoms with Crippen molar-refractivity contribution in [2.24, 2.45) is 0 Å². The van der Waals surface area contributed by atoms with Crippen LogP contribution >= 0.6 is 0 Å². The molecule has 1 atom stereocenters. The number of carboxylic acid groups (broad SMARTS) is 1. The molecule has 11 heteroatoms. The van der Waals surface area contributed by atoms with Crippen molar-refractivity contribution < 1.29 is 19.4 Å². The Morgan fingerprint density at radius 3 is 2.33 bits per heavy atom. The molecular weight excluding hydrogens is 512 g/mol. The number of nitrogens with zero attached hydrogens (tertiary/aromatic N) is 3. The predicted molar refractivity (Wildman–Crippen MR) is 151 cm³/mol. The maximum absolute atomic E-state index is 13.0. The molecule has 0 radical (unpaired) electrons. The second-order valence-electron chi connectivity index (χ2n) is 8.87. The number of nitrogens with one attached hydrogen (secondary N) is 3. The minimum absolute atomic E-state index is 0.0294. The molecule has 0 fully saturated rings. The van der Waals surface area contributed by atoms with E-state index in [4.69, 9.17) is 4.74 Å². The van der Waals surface area contributed by atoms with Gasteiger partial charge in [0.05, 0.1) is 12.5 Å². The summed E-state index contributed by atoms with van der Waals surface area (Å²) < 4.78 is 6.54. The van der Waals surface area contributed by atoms with E-state index in [1.54, 1.807) is 12.4 Å². The third-order valence-corrected chi connectivity index (χ3v) is 5.84. The number of alkyl carbamates (subject to hydrolysis) is 1. The van der Waals surface area contributed by atoms with Crippen LogP contribution in [0.2, 0.25) is 0 Å². The number of hydrogen-bond donors (Lipinski definition) is 4. The quantitative estimate of drug-likeness (QED) is 0.186. The van der Waals surface area contributed by atoms with Crippen molar-refractivity contribution in [3.63, 3.8) is 0 Å². The van der Waals surface area contributed by atoms with E-state index >= 15 is 0 Å². The highest BCUT2D eigenvalue weighted by Gasteiger charge is 2.20. The summed E-state index contributed by atoms with van der Waals surface area (Å²) in [6, 6.07) is 23.2. The molecule has 2 heterocycles. The second kappa shape index (κ2) is 14.1.